The first-order chi connectivity index (χ1) is 8.99. The van der Waals surface area contributed by atoms with Crippen molar-refractivity contribution >= 4 is 28.9 Å². The highest BCUT2D eigenvalue weighted by Crippen LogP contribution is 2.27. The zero-order chi connectivity index (χ0) is 14.4. The van der Waals surface area contributed by atoms with E-state index in [0.29, 0.717) is 10.7 Å². The molecule has 0 saturated heterocycles. The average molecular weight is 283 g/mol. The van der Waals surface area contributed by atoms with Crippen LogP contribution in [0.1, 0.15) is 45.1 Å². The Kier molecular flexibility index (Phi) is 6.16. The molecule has 0 atom stereocenters. The molecule has 1 amide bonds. The Hall–Kier alpha value is -1.22. The van der Waals surface area contributed by atoms with Crippen LogP contribution < -0.4 is 11.1 Å². The van der Waals surface area contributed by atoms with Crippen LogP contribution in [0, 0.1) is 12.8 Å². The molecular formula is C15H23ClN2O. The van der Waals surface area contributed by atoms with E-state index < -0.39 is 0 Å². The second-order valence-corrected chi connectivity index (χ2v) is 5.36. The number of carbonyl (C=O) groups excluding carboxylic acids is 1. The Bertz CT molecular complexity index is 440. The van der Waals surface area contributed by atoms with E-state index >= 15 is 0 Å². The molecular weight excluding hydrogens is 260 g/mol. The molecule has 0 fully saturated rings. The number of hydrogen-bond acceptors (Lipinski definition) is 2. The highest BCUT2D eigenvalue weighted by Gasteiger charge is 2.17. The fourth-order valence-corrected chi connectivity index (χ4v) is 2.34. The summed E-state index contributed by atoms with van der Waals surface area (Å²) in [7, 11) is 0. The van der Waals surface area contributed by atoms with Gasteiger partial charge in [-0.25, -0.2) is 0 Å². The maximum Gasteiger partial charge on any atom is 0.227 e. The lowest BCUT2D eigenvalue weighted by Crippen LogP contribution is -2.23. The van der Waals surface area contributed by atoms with E-state index in [0.717, 1.165) is 36.9 Å². The van der Waals surface area contributed by atoms with E-state index in [4.69, 9.17) is 17.3 Å². The molecule has 1 aromatic rings. The highest BCUT2D eigenvalue weighted by molar-refractivity contribution is 6.33. The number of hydrogen-bond donors (Lipinski definition) is 2. The van der Waals surface area contributed by atoms with Crippen LogP contribution in [0.2, 0.25) is 5.02 Å². The number of carbonyl (C=O) groups is 1. The van der Waals surface area contributed by atoms with Gasteiger partial charge in [-0.05, 0) is 37.5 Å². The Balaban J connectivity index is 2.83. The molecule has 0 saturated carbocycles. The Morgan fingerprint density at radius 2 is 1.89 bits per heavy atom. The maximum absolute atomic E-state index is 12.3. The third-order valence-corrected chi connectivity index (χ3v) is 3.57. The maximum atomic E-state index is 12.3. The van der Waals surface area contributed by atoms with E-state index in [1.54, 1.807) is 12.1 Å². The molecule has 0 unspecified atom stereocenters. The summed E-state index contributed by atoms with van der Waals surface area (Å²) in [6, 6.07) is 3.51. The van der Waals surface area contributed by atoms with Gasteiger partial charge < -0.3 is 11.1 Å². The van der Waals surface area contributed by atoms with Crippen LogP contribution in [-0.2, 0) is 4.79 Å². The first-order valence-corrected chi connectivity index (χ1v) is 7.23. The predicted molar refractivity (Wildman–Crippen MR) is 82.5 cm³/mol. The molecule has 0 aliphatic rings. The van der Waals surface area contributed by atoms with E-state index in [2.05, 4.69) is 19.2 Å². The molecule has 106 valence electrons. The first-order valence-electron chi connectivity index (χ1n) is 6.86. The van der Waals surface area contributed by atoms with Crippen molar-refractivity contribution in [3.8, 4) is 0 Å². The smallest absolute Gasteiger partial charge is 0.227 e. The third kappa shape index (κ3) is 4.43. The van der Waals surface area contributed by atoms with Crippen molar-refractivity contribution in [3.63, 3.8) is 0 Å². The molecule has 0 heterocycles. The largest absolute Gasteiger partial charge is 0.398 e. The molecule has 1 aromatic carbocycles. The van der Waals surface area contributed by atoms with Gasteiger partial charge in [0, 0.05) is 11.6 Å². The van der Waals surface area contributed by atoms with Crippen molar-refractivity contribution in [2.24, 2.45) is 5.92 Å². The average Bonchev–Trinajstić information content (AvgIpc) is 2.35. The Labute approximate surface area is 120 Å². The number of nitrogen functional groups attached to an aromatic ring is 1. The van der Waals surface area contributed by atoms with Gasteiger partial charge in [-0.1, -0.05) is 38.3 Å². The van der Waals surface area contributed by atoms with Crippen LogP contribution in [0.5, 0.6) is 0 Å². The summed E-state index contributed by atoms with van der Waals surface area (Å²) in [5.74, 6) is 0.151. The van der Waals surface area contributed by atoms with E-state index in [1.165, 1.54) is 0 Å². The molecule has 0 aromatic heterocycles. The second kappa shape index (κ2) is 7.39. The molecule has 3 N–H and O–H groups in total. The van der Waals surface area contributed by atoms with Gasteiger partial charge in [0.15, 0.2) is 0 Å². The number of anilines is 2. The van der Waals surface area contributed by atoms with Gasteiger partial charge in [-0.2, -0.15) is 0 Å². The molecule has 0 bridgehead atoms. The minimum Gasteiger partial charge on any atom is -0.398 e. The monoisotopic (exact) mass is 282 g/mol. The van der Waals surface area contributed by atoms with Gasteiger partial charge in [0.05, 0.1) is 10.7 Å². The second-order valence-electron chi connectivity index (χ2n) is 4.95. The quantitative estimate of drug-likeness (QED) is 0.761. The summed E-state index contributed by atoms with van der Waals surface area (Å²) >= 11 is 5.99. The summed E-state index contributed by atoms with van der Waals surface area (Å²) in [5, 5.41) is 3.44. The van der Waals surface area contributed by atoms with Crippen LogP contribution >= 0.6 is 11.6 Å². The lowest BCUT2D eigenvalue weighted by Gasteiger charge is -2.17. The SMILES string of the molecule is CCCC(CCC)C(=O)Nc1cc(Cl)c(N)cc1C. The van der Waals surface area contributed by atoms with Gasteiger partial charge in [0.1, 0.15) is 0 Å². The normalized spacial score (nSPS) is 10.8. The van der Waals surface area contributed by atoms with Crippen molar-refractivity contribution in [2.45, 2.75) is 46.5 Å². The fraction of sp³-hybridized carbons (Fsp3) is 0.533. The van der Waals surface area contributed by atoms with Crippen LogP contribution in [0.4, 0.5) is 11.4 Å². The summed E-state index contributed by atoms with van der Waals surface area (Å²) in [6.07, 6.45) is 3.86. The molecule has 0 aliphatic heterocycles. The topological polar surface area (TPSA) is 55.1 Å². The number of nitrogens with two attached hydrogens (primary N) is 1. The summed E-state index contributed by atoms with van der Waals surface area (Å²) in [4.78, 5) is 12.3. The van der Waals surface area contributed by atoms with Gasteiger partial charge in [0.25, 0.3) is 0 Å². The Morgan fingerprint density at radius 3 is 2.42 bits per heavy atom. The van der Waals surface area contributed by atoms with Crippen molar-refractivity contribution < 1.29 is 4.79 Å². The number of rotatable bonds is 6. The van der Waals surface area contributed by atoms with Crippen molar-refractivity contribution in [2.75, 3.05) is 11.1 Å². The van der Waals surface area contributed by atoms with Gasteiger partial charge >= 0.3 is 0 Å². The minimum absolute atomic E-state index is 0.0747. The van der Waals surface area contributed by atoms with E-state index in [-0.39, 0.29) is 11.8 Å². The lowest BCUT2D eigenvalue weighted by molar-refractivity contribution is -0.120. The third-order valence-electron chi connectivity index (χ3n) is 3.25. The number of halogens is 1. The summed E-state index contributed by atoms with van der Waals surface area (Å²) < 4.78 is 0. The van der Waals surface area contributed by atoms with Gasteiger partial charge in [0.2, 0.25) is 5.91 Å². The number of nitrogens with one attached hydrogen (secondary N) is 1. The van der Waals surface area contributed by atoms with Crippen LogP contribution in [0.25, 0.3) is 0 Å². The van der Waals surface area contributed by atoms with Crippen molar-refractivity contribution in [3.05, 3.63) is 22.7 Å². The standard InChI is InChI=1S/C15H23ClN2O/c1-4-6-11(7-5-2)15(19)18-14-9-12(16)13(17)8-10(14)3/h8-9,11H,4-7,17H2,1-3H3,(H,18,19). The van der Waals surface area contributed by atoms with Crippen molar-refractivity contribution in [1.82, 2.24) is 0 Å². The Morgan fingerprint density at radius 1 is 1.32 bits per heavy atom. The number of amides is 1. The van der Waals surface area contributed by atoms with E-state index in [1.807, 2.05) is 6.92 Å². The molecule has 1 rings (SSSR count). The van der Waals surface area contributed by atoms with Gasteiger partial charge in [-0.15, -0.1) is 0 Å². The molecule has 3 nitrogen and oxygen atoms in total. The summed E-state index contributed by atoms with van der Waals surface area (Å²) in [6.45, 7) is 6.11. The van der Waals surface area contributed by atoms with Crippen LogP contribution in [0.3, 0.4) is 0 Å². The van der Waals surface area contributed by atoms with Crippen LogP contribution in [-0.4, -0.2) is 5.91 Å². The van der Waals surface area contributed by atoms with E-state index in [9.17, 15) is 4.79 Å². The predicted octanol–water partition coefficient (Wildman–Crippen LogP) is 4.39. The summed E-state index contributed by atoms with van der Waals surface area (Å²) in [5.41, 5.74) is 7.95. The minimum atomic E-state index is 0.0747. The number of aryl methyl sites for hydroxylation is 1. The zero-order valence-electron chi connectivity index (χ0n) is 11.9. The molecule has 19 heavy (non-hydrogen) atoms. The molecule has 0 aliphatic carbocycles. The van der Waals surface area contributed by atoms with Gasteiger partial charge in [-0.3, -0.25) is 4.79 Å². The fourth-order valence-electron chi connectivity index (χ4n) is 2.18. The first kappa shape index (κ1) is 15.8. The zero-order valence-corrected chi connectivity index (χ0v) is 12.7. The molecule has 0 radical (unpaired) electrons. The molecule has 4 heteroatoms. The highest BCUT2D eigenvalue weighted by atomic mass is 35.5. The lowest BCUT2D eigenvalue weighted by atomic mass is 9.97. The molecule has 0 spiro atoms. The van der Waals surface area contributed by atoms with Crippen molar-refractivity contribution in [1.29, 1.82) is 0 Å². The number of benzene rings is 1. The van der Waals surface area contributed by atoms with Crippen LogP contribution in [0.15, 0.2) is 12.1 Å².